The van der Waals surface area contributed by atoms with E-state index in [-0.39, 0.29) is 11.7 Å². The highest BCUT2D eigenvalue weighted by Gasteiger charge is 2.34. The molecule has 6 nitrogen and oxygen atoms in total. The summed E-state index contributed by atoms with van der Waals surface area (Å²) in [5.41, 5.74) is 11.5. The molecular weight excluding hydrogens is 318 g/mol. The Morgan fingerprint density at radius 2 is 2.12 bits per heavy atom. The molecule has 25 heavy (non-hydrogen) atoms. The molecule has 1 aromatic heterocycles. The van der Waals surface area contributed by atoms with E-state index in [9.17, 15) is 5.26 Å². The molecule has 0 spiro atoms. The van der Waals surface area contributed by atoms with Gasteiger partial charge < -0.3 is 19.9 Å². The molecule has 1 fully saturated rings. The van der Waals surface area contributed by atoms with Crippen molar-refractivity contribution in [2.75, 3.05) is 33.2 Å². The van der Waals surface area contributed by atoms with Crippen molar-refractivity contribution >= 4 is 5.82 Å². The summed E-state index contributed by atoms with van der Waals surface area (Å²) in [5, 5.41) is 9.64. The van der Waals surface area contributed by atoms with E-state index in [2.05, 4.69) is 11.1 Å². The van der Waals surface area contributed by atoms with Crippen LogP contribution in [0.3, 0.4) is 0 Å². The van der Waals surface area contributed by atoms with E-state index in [1.807, 2.05) is 12.1 Å². The van der Waals surface area contributed by atoms with Crippen LogP contribution in [0.15, 0.2) is 12.1 Å². The average Bonchev–Trinajstić information content (AvgIpc) is 3.27. The number of nitrogen functional groups attached to an aromatic ring is 1. The molecular formula is C19H19N3O3. The van der Waals surface area contributed by atoms with Crippen molar-refractivity contribution in [2.45, 2.75) is 18.8 Å². The van der Waals surface area contributed by atoms with Crippen LogP contribution in [0, 0.1) is 11.3 Å². The lowest BCUT2D eigenvalue weighted by molar-refractivity contribution is 0.194. The number of pyridine rings is 1. The van der Waals surface area contributed by atoms with Crippen molar-refractivity contribution in [3.05, 3.63) is 34.4 Å². The number of fused-ring (bicyclic) bond motifs is 3. The Balaban J connectivity index is 1.96. The van der Waals surface area contributed by atoms with Crippen molar-refractivity contribution in [1.82, 2.24) is 4.98 Å². The molecule has 0 amide bonds. The van der Waals surface area contributed by atoms with Gasteiger partial charge in [-0.25, -0.2) is 4.98 Å². The van der Waals surface area contributed by atoms with Crippen LogP contribution in [0.2, 0.25) is 0 Å². The van der Waals surface area contributed by atoms with Gasteiger partial charge in [0.05, 0.1) is 32.1 Å². The van der Waals surface area contributed by atoms with E-state index in [4.69, 9.17) is 19.9 Å². The zero-order chi connectivity index (χ0) is 17.6. The molecule has 128 valence electrons. The maximum atomic E-state index is 9.64. The fraction of sp³-hybridized carbons (Fsp3) is 0.368. The number of hydrogen-bond donors (Lipinski definition) is 1. The maximum absolute atomic E-state index is 9.64. The van der Waals surface area contributed by atoms with Gasteiger partial charge in [-0.15, -0.1) is 0 Å². The molecule has 0 radical (unpaired) electrons. The molecule has 1 aromatic carbocycles. The summed E-state index contributed by atoms with van der Waals surface area (Å²) in [4.78, 5) is 4.55. The van der Waals surface area contributed by atoms with E-state index < -0.39 is 0 Å². The largest absolute Gasteiger partial charge is 0.493 e. The highest BCUT2D eigenvalue weighted by atomic mass is 16.5. The number of aromatic nitrogens is 1. The fourth-order valence-corrected chi connectivity index (χ4v) is 3.96. The van der Waals surface area contributed by atoms with Gasteiger partial charge in [0.1, 0.15) is 11.9 Å². The Morgan fingerprint density at radius 1 is 1.28 bits per heavy atom. The van der Waals surface area contributed by atoms with E-state index in [1.54, 1.807) is 14.2 Å². The molecule has 0 saturated carbocycles. The van der Waals surface area contributed by atoms with Gasteiger partial charge in [0.2, 0.25) is 0 Å². The Kier molecular flexibility index (Phi) is 3.74. The third kappa shape index (κ3) is 2.24. The van der Waals surface area contributed by atoms with E-state index >= 15 is 0 Å². The Morgan fingerprint density at radius 3 is 2.76 bits per heavy atom. The second-order valence-electron chi connectivity index (χ2n) is 6.29. The Labute approximate surface area is 146 Å². The second-order valence-corrected chi connectivity index (χ2v) is 6.29. The van der Waals surface area contributed by atoms with Crippen molar-refractivity contribution in [3.8, 4) is 28.8 Å². The summed E-state index contributed by atoms with van der Waals surface area (Å²) in [5.74, 6) is 1.86. The number of nitriles is 1. The molecule has 2 N–H and O–H groups in total. The topological polar surface area (TPSA) is 90.4 Å². The van der Waals surface area contributed by atoms with Gasteiger partial charge >= 0.3 is 0 Å². The third-order valence-electron chi connectivity index (χ3n) is 5.08. The summed E-state index contributed by atoms with van der Waals surface area (Å²) in [6.45, 7) is 1.32. The maximum Gasteiger partial charge on any atom is 0.164 e. The molecule has 0 bridgehead atoms. The van der Waals surface area contributed by atoms with Gasteiger partial charge in [0, 0.05) is 30.1 Å². The summed E-state index contributed by atoms with van der Waals surface area (Å²) >= 11 is 0. The third-order valence-corrected chi connectivity index (χ3v) is 5.08. The quantitative estimate of drug-likeness (QED) is 0.790. The molecule has 2 heterocycles. The first-order chi connectivity index (χ1) is 12.2. The van der Waals surface area contributed by atoms with Crippen molar-refractivity contribution in [1.29, 1.82) is 5.26 Å². The van der Waals surface area contributed by atoms with Gasteiger partial charge in [-0.2, -0.15) is 5.26 Å². The minimum Gasteiger partial charge on any atom is -0.493 e. The molecule has 1 atom stereocenters. The van der Waals surface area contributed by atoms with Crippen LogP contribution in [0.1, 0.15) is 34.6 Å². The Bertz CT molecular complexity index is 896. The van der Waals surface area contributed by atoms with Gasteiger partial charge in [-0.3, -0.25) is 0 Å². The van der Waals surface area contributed by atoms with Gasteiger partial charge in [0.25, 0.3) is 0 Å². The van der Waals surface area contributed by atoms with E-state index in [1.165, 1.54) is 0 Å². The number of anilines is 1. The van der Waals surface area contributed by atoms with Crippen LogP contribution in [-0.2, 0) is 11.2 Å². The minimum atomic E-state index is 0.177. The molecule has 1 unspecified atom stereocenters. The average molecular weight is 337 g/mol. The fourth-order valence-electron chi connectivity index (χ4n) is 3.96. The Hall–Kier alpha value is -2.78. The number of methoxy groups -OCH3 is 2. The molecule has 1 aliphatic carbocycles. The lowest BCUT2D eigenvalue weighted by atomic mass is 9.89. The molecule has 2 aliphatic rings. The molecule has 2 aromatic rings. The zero-order valence-corrected chi connectivity index (χ0v) is 14.3. The lowest BCUT2D eigenvalue weighted by Gasteiger charge is -2.16. The molecule has 4 rings (SSSR count). The number of nitrogens with zero attached hydrogens (tertiary/aromatic N) is 2. The highest BCUT2D eigenvalue weighted by Crippen LogP contribution is 2.48. The summed E-state index contributed by atoms with van der Waals surface area (Å²) in [6, 6.07) is 6.11. The first-order valence-corrected chi connectivity index (χ1v) is 8.23. The van der Waals surface area contributed by atoms with Gasteiger partial charge in [0.15, 0.2) is 11.5 Å². The van der Waals surface area contributed by atoms with Crippen molar-refractivity contribution in [2.24, 2.45) is 0 Å². The number of benzene rings is 1. The SMILES string of the molecule is COc1ccc2c(c1OC)Cc1c-2nc(N)c(C#N)c1C1CCOC1. The zero-order valence-electron chi connectivity index (χ0n) is 14.3. The normalized spacial score (nSPS) is 17.7. The smallest absolute Gasteiger partial charge is 0.164 e. The molecule has 1 aliphatic heterocycles. The number of rotatable bonds is 3. The standard InChI is InChI=1S/C19H19N3O3/c1-23-15-4-3-11-12(18(15)24-2)7-13-16(10-5-6-25-9-10)14(8-20)19(21)22-17(11)13/h3-4,10H,5-7,9H2,1-2H3,(H2,21,22). The van der Waals surface area contributed by atoms with Gasteiger partial charge in [-0.1, -0.05) is 0 Å². The van der Waals surface area contributed by atoms with Crippen LogP contribution in [0.25, 0.3) is 11.3 Å². The van der Waals surface area contributed by atoms with Crippen LogP contribution in [-0.4, -0.2) is 32.4 Å². The summed E-state index contributed by atoms with van der Waals surface area (Å²) in [6.07, 6.45) is 1.54. The van der Waals surface area contributed by atoms with Crippen LogP contribution in [0.5, 0.6) is 11.5 Å². The first kappa shape index (κ1) is 15.7. The second kappa shape index (κ2) is 5.94. The van der Waals surface area contributed by atoms with Crippen molar-refractivity contribution in [3.63, 3.8) is 0 Å². The van der Waals surface area contributed by atoms with Gasteiger partial charge in [-0.05, 0) is 29.7 Å². The van der Waals surface area contributed by atoms with E-state index in [0.717, 1.165) is 34.4 Å². The van der Waals surface area contributed by atoms with Crippen molar-refractivity contribution < 1.29 is 14.2 Å². The predicted molar refractivity (Wildman–Crippen MR) is 92.9 cm³/mol. The summed E-state index contributed by atoms with van der Waals surface area (Å²) < 4.78 is 16.6. The van der Waals surface area contributed by atoms with Crippen LogP contribution in [0.4, 0.5) is 5.82 Å². The number of hydrogen-bond acceptors (Lipinski definition) is 6. The van der Waals surface area contributed by atoms with Crippen LogP contribution < -0.4 is 15.2 Å². The molecule has 1 saturated heterocycles. The molecule has 6 heteroatoms. The highest BCUT2D eigenvalue weighted by molar-refractivity contribution is 5.82. The lowest BCUT2D eigenvalue weighted by Crippen LogP contribution is -2.10. The van der Waals surface area contributed by atoms with E-state index in [0.29, 0.717) is 36.7 Å². The number of ether oxygens (including phenoxy) is 3. The monoisotopic (exact) mass is 337 g/mol. The first-order valence-electron chi connectivity index (χ1n) is 8.23. The van der Waals surface area contributed by atoms with Crippen LogP contribution >= 0.6 is 0 Å². The minimum absolute atomic E-state index is 0.177. The number of nitrogens with two attached hydrogens (primary N) is 1. The predicted octanol–water partition coefficient (Wildman–Crippen LogP) is 2.63. The summed E-state index contributed by atoms with van der Waals surface area (Å²) in [7, 11) is 3.26.